The Hall–Kier alpha value is 0.259. The molecule has 0 rings (SSSR count). The van der Waals surface area contributed by atoms with Crippen LogP contribution in [0.2, 0.25) is 10.6 Å². The summed E-state index contributed by atoms with van der Waals surface area (Å²) < 4.78 is 0. The molecule has 1 heteroatoms. The summed E-state index contributed by atoms with van der Waals surface area (Å²) in [6.45, 7) is 6.08. The molecule has 0 aromatic rings. The first-order chi connectivity index (χ1) is 4.85. The normalized spacial score (nSPS) is 13.0. The van der Waals surface area contributed by atoms with Gasteiger partial charge in [-0.15, -0.1) is 0 Å². The van der Waals surface area contributed by atoms with Gasteiger partial charge >= 0.3 is 70.9 Å². The molecule has 0 fully saturated rings. The summed E-state index contributed by atoms with van der Waals surface area (Å²) in [6, 6.07) is 0. The van der Waals surface area contributed by atoms with E-state index in [0.717, 1.165) is 19.8 Å². The molecular formula is C9H18Se. The van der Waals surface area contributed by atoms with Gasteiger partial charge in [0.2, 0.25) is 0 Å². The molecule has 0 aliphatic rings. The van der Waals surface area contributed by atoms with E-state index >= 15 is 0 Å². The van der Waals surface area contributed by atoms with Crippen LogP contribution in [0.1, 0.15) is 32.6 Å². The van der Waals surface area contributed by atoms with Crippen LogP contribution in [0.15, 0.2) is 12.7 Å². The van der Waals surface area contributed by atoms with Gasteiger partial charge in [0.1, 0.15) is 0 Å². The van der Waals surface area contributed by atoms with Crippen LogP contribution >= 0.6 is 0 Å². The van der Waals surface area contributed by atoms with Crippen molar-refractivity contribution in [3.8, 4) is 0 Å². The maximum absolute atomic E-state index is 3.83. The molecule has 0 nitrogen and oxygen atoms in total. The van der Waals surface area contributed by atoms with Gasteiger partial charge in [-0.1, -0.05) is 0 Å². The summed E-state index contributed by atoms with van der Waals surface area (Å²) in [5.74, 6) is 2.30. The molecule has 0 radical (unpaired) electrons. The zero-order valence-electron chi connectivity index (χ0n) is 7.10. The van der Waals surface area contributed by atoms with E-state index in [1.807, 2.05) is 0 Å². The molecule has 0 saturated heterocycles. The van der Waals surface area contributed by atoms with Crippen LogP contribution in [0.4, 0.5) is 0 Å². The topological polar surface area (TPSA) is 0 Å². The third-order valence-corrected chi connectivity index (χ3v) is 3.83. The van der Waals surface area contributed by atoms with Crippen molar-refractivity contribution in [3.05, 3.63) is 12.7 Å². The Morgan fingerprint density at radius 2 is 2.20 bits per heavy atom. The number of hydrogen-bond donors (Lipinski definition) is 0. The van der Waals surface area contributed by atoms with E-state index in [2.05, 4.69) is 25.4 Å². The standard InChI is InChI=1S/C9H18Se/c1-4-6-7-8-9(5-2)10-3/h5,9H,2,4,6-8H2,1,3H3. The molecule has 0 spiro atoms. The van der Waals surface area contributed by atoms with Crippen molar-refractivity contribution in [1.82, 2.24) is 0 Å². The van der Waals surface area contributed by atoms with Gasteiger partial charge in [0.15, 0.2) is 0 Å². The van der Waals surface area contributed by atoms with Crippen LogP contribution in [-0.4, -0.2) is 15.0 Å². The summed E-state index contributed by atoms with van der Waals surface area (Å²) in [4.78, 5) is 0.832. The average molecular weight is 205 g/mol. The molecule has 0 saturated carbocycles. The molecule has 1 unspecified atom stereocenters. The molecule has 1 atom stereocenters. The van der Waals surface area contributed by atoms with Gasteiger partial charge in [0.05, 0.1) is 0 Å². The molecule has 0 N–H and O–H groups in total. The SMILES string of the molecule is C=CC(CCCCC)[Se]C. The predicted octanol–water partition coefficient (Wildman–Crippen LogP) is 3.29. The van der Waals surface area contributed by atoms with Crippen molar-refractivity contribution in [2.24, 2.45) is 0 Å². The zero-order valence-corrected chi connectivity index (χ0v) is 8.81. The quantitative estimate of drug-likeness (QED) is 0.354. The summed E-state index contributed by atoms with van der Waals surface area (Å²) in [5.41, 5.74) is 0. The van der Waals surface area contributed by atoms with E-state index in [1.165, 1.54) is 25.7 Å². The second-order valence-electron chi connectivity index (χ2n) is 2.51. The molecular weight excluding hydrogens is 187 g/mol. The van der Waals surface area contributed by atoms with E-state index in [0.29, 0.717) is 0 Å². The van der Waals surface area contributed by atoms with Crippen molar-refractivity contribution < 1.29 is 0 Å². The van der Waals surface area contributed by atoms with Crippen LogP contribution in [0.3, 0.4) is 0 Å². The van der Waals surface area contributed by atoms with Crippen LogP contribution in [-0.2, 0) is 0 Å². The number of rotatable bonds is 6. The van der Waals surface area contributed by atoms with Crippen molar-refractivity contribution in [2.75, 3.05) is 0 Å². The third kappa shape index (κ3) is 5.08. The van der Waals surface area contributed by atoms with Gasteiger partial charge in [0, 0.05) is 0 Å². The van der Waals surface area contributed by atoms with Crippen molar-refractivity contribution in [3.63, 3.8) is 0 Å². The predicted molar refractivity (Wildman–Crippen MR) is 49.7 cm³/mol. The molecule has 0 aromatic carbocycles. The van der Waals surface area contributed by atoms with Gasteiger partial charge in [-0.3, -0.25) is 0 Å². The Morgan fingerprint density at radius 3 is 2.60 bits per heavy atom. The van der Waals surface area contributed by atoms with Crippen molar-refractivity contribution in [2.45, 2.75) is 43.2 Å². The van der Waals surface area contributed by atoms with Gasteiger partial charge in [-0.05, 0) is 0 Å². The van der Waals surface area contributed by atoms with Gasteiger partial charge < -0.3 is 0 Å². The fraction of sp³-hybridized carbons (Fsp3) is 0.778. The molecule has 0 aliphatic carbocycles. The second kappa shape index (κ2) is 7.37. The summed E-state index contributed by atoms with van der Waals surface area (Å²) in [5, 5.41) is 0. The van der Waals surface area contributed by atoms with E-state index in [1.54, 1.807) is 0 Å². The first-order valence-corrected chi connectivity index (χ1v) is 6.70. The van der Waals surface area contributed by atoms with E-state index in [9.17, 15) is 0 Å². The Balaban J connectivity index is 3.17. The van der Waals surface area contributed by atoms with Crippen LogP contribution in [0.5, 0.6) is 0 Å². The Labute approximate surface area is 71.2 Å². The molecule has 10 heavy (non-hydrogen) atoms. The Kier molecular flexibility index (Phi) is 7.56. The summed E-state index contributed by atoms with van der Waals surface area (Å²) in [6.07, 6.45) is 7.60. The van der Waals surface area contributed by atoms with E-state index < -0.39 is 0 Å². The number of hydrogen-bond acceptors (Lipinski definition) is 0. The fourth-order valence-electron chi connectivity index (χ4n) is 0.927. The Morgan fingerprint density at radius 1 is 1.50 bits per heavy atom. The third-order valence-electron chi connectivity index (χ3n) is 1.66. The van der Waals surface area contributed by atoms with E-state index in [4.69, 9.17) is 0 Å². The monoisotopic (exact) mass is 206 g/mol. The maximum atomic E-state index is 3.83. The fourth-order valence-corrected chi connectivity index (χ4v) is 2.18. The van der Waals surface area contributed by atoms with Crippen molar-refractivity contribution >= 4 is 15.0 Å². The molecule has 0 heterocycles. The molecule has 0 amide bonds. The average Bonchev–Trinajstić information content (AvgIpc) is 1.99. The number of unbranched alkanes of at least 4 members (excludes halogenated alkanes) is 2. The molecule has 60 valence electrons. The summed E-state index contributed by atoms with van der Waals surface area (Å²) >= 11 is 0.773. The van der Waals surface area contributed by atoms with E-state index in [-0.39, 0.29) is 0 Å². The van der Waals surface area contributed by atoms with Crippen molar-refractivity contribution in [1.29, 1.82) is 0 Å². The minimum absolute atomic E-state index is 0.773. The van der Waals surface area contributed by atoms with Crippen LogP contribution in [0, 0.1) is 0 Å². The molecule has 0 bridgehead atoms. The van der Waals surface area contributed by atoms with Crippen LogP contribution < -0.4 is 0 Å². The summed E-state index contributed by atoms with van der Waals surface area (Å²) in [7, 11) is 0. The first-order valence-electron chi connectivity index (χ1n) is 4.00. The molecule has 0 aliphatic heterocycles. The second-order valence-corrected chi connectivity index (χ2v) is 4.77. The zero-order chi connectivity index (χ0) is 7.82. The van der Waals surface area contributed by atoms with Gasteiger partial charge in [-0.2, -0.15) is 0 Å². The van der Waals surface area contributed by atoms with Gasteiger partial charge in [-0.25, -0.2) is 0 Å². The van der Waals surface area contributed by atoms with Crippen LogP contribution in [0.25, 0.3) is 0 Å². The van der Waals surface area contributed by atoms with Gasteiger partial charge in [0.25, 0.3) is 0 Å². The minimum atomic E-state index is 0.773. The molecule has 0 aromatic heterocycles. The number of allylic oxidation sites excluding steroid dienone is 1. The first kappa shape index (κ1) is 10.3. The Bertz CT molecular complexity index is 78.8.